The van der Waals surface area contributed by atoms with Crippen molar-refractivity contribution in [1.82, 2.24) is 0 Å². The number of carbonyl (C=O) groups is 1. The van der Waals surface area contributed by atoms with Gasteiger partial charge in [0, 0.05) is 12.2 Å². The molecule has 1 aliphatic heterocycles. The van der Waals surface area contributed by atoms with Crippen molar-refractivity contribution in [3.8, 4) is 0 Å². The highest BCUT2D eigenvalue weighted by molar-refractivity contribution is 5.70. The molecule has 0 amide bonds. The smallest absolute Gasteiger partial charge is 0.185 e. The van der Waals surface area contributed by atoms with Crippen LogP contribution < -0.4 is 4.90 Å². The van der Waals surface area contributed by atoms with Gasteiger partial charge in [0.2, 0.25) is 0 Å². The normalized spacial score (nSPS) is 14.3. The maximum absolute atomic E-state index is 10.6. The van der Waals surface area contributed by atoms with Gasteiger partial charge in [-0.2, -0.15) is 0 Å². The fourth-order valence-electron chi connectivity index (χ4n) is 2.70. The Bertz CT molecular complexity index is 601. The molecule has 0 atom stereocenters. The van der Waals surface area contributed by atoms with Gasteiger partial charge >= 0.3 is 0 Å². The molecule has 3 heteroatoms. The molecular weight excluding hydrogens is 238 g/mol. The van der Waals surface area contributed by atoms with E-state index in [2.05, 4.69) is 30.0 Å². The Kier molecular flexibility index (Phi) is 3.11. The molecule has 0 unspecified atom stereocenters. The van der Waals surface area contributed by atoms with Gasteiger partial charge in [0.05, 0.1) is 6.54 Å². The molecule has 19 heavy (non-hydrogen) atoms. The lowest BCUT2D eigenvalue weighted by Gasteiger charge is -2.30. The van der Waals surface area contributed by atoms with E-state index in [4.69, 9.17) is 4.42 Å². The van der Waals surface area contributed by atoms with Crippen LogP contribution in [-0.4, -0.2) is 12.8 Å². The molecule has 0 aliphatic carbocycles. The first-order valence-corrected chi connectivity index (χ1v) is 6.64. The fraction of sp³-hybridized carbons (Fsp3) is 0.312. The van der Waals surface area contributed by atoms with Crippen molar-refractivity contribution in [2.75, 3.05) is 11.4 Å². The van der Waals surface area contributed by atoms with E-state index in [-0.39, 0.29) is 0 Å². The molecule has 0 saturated heterocycles. The number of nitrogens with zero attached hydrogens (tertiary/aromatic N) is 1. The molecule has 2 heterocycles. The van der Waals surface area contributed by atoms with Crippen molar-refractivity contribution < 1.29 is 9.21 Å². The Morgan fingerprint density at radius 3 is 3.00 bits per heavy atom. The van der Waals surface area contributed by atoms with Crippen LogP contribution in [0.1, 0.15) is 33.9 Å². The van der Waals surface area contributed by atoms with Gasteiger partial charge in [-0.1, -0.05) is 17.7 Å². The summed E-state index contributed by atoms with van der Waals surface area (Å²) in [5.41, 5.74) is 4.01. The zero-order valence-corrected chi connectivity index (χ0v) is 11.1. The van der Waals surface area contributed by atoms with E-state index in [0.29, 0.717) is 5.76 Å². The van der Waals surface area contributed by atoms with Gasteiger partial charge in [-0.15, -0.1) is 0 Å². The summed E-state index contributed by atoms with van der Waals surface area (Å²) in [4.78, 5) is 13.0. The lowest BCUT2D eigenvalue weighted by molar-refractivity contribution is 0.109. The minimum Gasteiger partial charge on any atom is -0.456 e. The van der Waals surface area contributed by atoms with Crippen LogP contribution in [0.2, 0.25) is 0 Å². The average Bonchev–Trinajstić information content (AvgIpc) is 2.86. The van der Waals surface area contributed by atoms with E-state index in [0.717, 1.165) is 38.0 Å². The molecule has 1 aromatic heterocycles. The minimum atomic E-state index is 0.399. The Morgan fingerprint density at radius 1 is 1.32 bits per heavy atom. The first kappa shape index (κ1) is 12.0. The molecule has 0 N–H and O–H groups in total. The predicted molar refractivity (Wildman–Crippen MR) is 74.6 cm³/mol. The van der Waals surface area contributed by atoms with Crippen molar-refractivity contribution >= 4 is 12.0 Å². The summed E-state index contributed by atoms with van der Waals surface area (Å²) in [6, 6.07) is 10.2. The van der Waals surface area contributed by atoms with E-state index in [1.54, 1.807) is 6.07 Å². The van der Waals surface area contributed by atoms with Crippen molar-refractivity contribution in [2.45, 2.75) is 26.3 Å². The van der Waals surface area contributed by atoms with Gasteiger partial charge in [0.25, 0.3) is 0 Å². The van der Waals surface area contributed by atoms with Crippen LogP contribution in [0.4, 0.5) is 5.69 Å². The summed E-state index contributed by atoms with van der Waals surface area (Å²) in [5, 5.41) is 0. The molecule has 3 nitrogen and oxygen atoms in total. The maximum Gasteiger partial charge on any atom is 0.185 e. The second-order valence-electron chi connectivity index (χ2n) is 5.08. The predicted octanol–water partition coefficient (Wildman–Crippen LogP) is 3.35. The number of rotatable bonds is 3. The summed E-state index contributed by atoms with van der Waals surface area (Å²) >= 11 is 0. The molecule has 0 spiro atoms. The van der Waals surface area contributed by atoms with Gasteiger partial charge < -0.3 is 9.32 Å². The van der Waals surface area contributed by atoms with Crippen LogP contribution in [0.5, 0.6) is 0 Å². The Hall–Kier alpha value is -2.03. The van der Waals surface area contributed by atoms with Crippen LogP contribution in [-0.2, 0) is 13.0 Å². The molecule has 98 valence electrons. The molecule has 0 radical (unpaired) electrons. The topological polar surface area (TPSA) is 33.5 Å². The summed E-state index contributed by atoms with van der Waals surface area (Å²) in [6.07, 6.45) is 3.06. The number of aldehydes is 1. The lowest BCUT2D eigenvalue weighted by Crippen LogP contribution is -2.28. The van der Waals surface area contributed by atoms with Gasteiger partial charge in [-0.25, -0.2) is 0 Å². The van der Waals surface area contributed by atoms with E-state index in [1.807, 2.05) is 6.07 Å². The van der Waals surface area contributed by atoms with Crippen LogP contribution >= 0.6 is 0 Å². The second-order valence-corrected chi connectivity index (χ2v) is 5.08. The fourth-order valence-corrected chi connectivity index (χ4v) is 2.70. The molecule has 2 aromatic rings. The molecule has 1 aromatic carbocycles. The number of benzene rings is 1. The Balaban J connectivity index is 1.85. The van der Waals surface area contributed by atoms with E-state index >= 15 is 0 Å². The SMILES string of the molecule is Cc1ccc2c(c1)CCCN2Cc1ccc(C=O)o1. The van der Waals surface area contributed by atoms with Crippen LogP contribution in [0.3, 0.4) is 0 Å². The number of furan rings is 1. The largest absolute Gasteiger partial charge is 0.456 e. The third-order valence-corrected chi connectivity index (χ3v) is 3.60. The van der Waals surface area contributed by atoms with Crippen LogP contribution in [0.15, 0.2) is 34.7 Å². The quantitative estimate of drug-likeness (QED) is 0.789. The molecular formula is C16H17NO2. The number of fused-ring (bicyclic) bond motifs is 1. The first-order valence-electron chi connectivity index (χ1n) is 6.64. The number of hydrogen-bond acceptors (Lipinski definition) is 3. The highest BCUT2D eigenvalue weighted by Crippen LogP contribution is 2.29. The number of aryl methyl sites for hydroxylation is 2. The third kappa shape index (κ3) is 2.41. The highest BCUT2D eigenvalue weighted by Gasteiger charge is 2.18. The van der Waals surface area contributed by atoms with Crippen LogP contribution in [0.25, 0.3) is 0 Å². The van der Waals surface area contributed by atoms with Gasteiger partial charge in [0.1, 0.15) is 5.76 Å². The summed E-state index contributed by atoms with van der Waals surface area (Å²) in [6.45, 7) is 3.89. The van der Waals surface area contributed by atoms with Crippen LogP contribution in [0, 0.1) is 6.92 Å². The molecule has 0 fully saturated rings. The molecule has 3 rings (SSSR count). The number of hydrogen-bond donors (Lipinski definition) is 0. The van der Waals surface area contributed by atoms with Crippen molar-refractivity contribution in [2.24, 2.45) is 0 Å². The van der Waals surface area contributed by atoms with Gasteiger partial charge in [-0.05, 0) is 43.5 Å². The van der Waals surface area contributed by atoms with Crippen molar-refractivity contribution in [3.63, 3.8) is 0 Å². The minimum absolute atomic E-state index is 0.399. The van der Waals surface area contributed by atoms with Gasteiger partial charge in [0.15, 0.2) is 12.0 Å². The van der Waals surface area contributed by atoms with E-state index < -0.39 is 0 Å². The third-order valence-electron chi connectivity index (χ3n) is 3.60. The monoisotopic (exact) mass is 255 g/mol. The lowest BCUT2D eigenvalue weighted by atomic mass is 9.99. The molecule has 0 bridgehead atoms. The molecule has 0 saturated carbocycles. The summed E-state index contributed by atoms with van der Waals surface area (Å²) in [5.74, 6) is 1.24. The van der Waals surface area contributed by atoms with E-state index in [9.17, 15) is 4.79 Å². The maximum atomic E-state index is 10.6. The standard InChI is InChI=1S/C16H17NO2/c1-12-4-7-16-13(9-12)3-2-8-17(16)10-14-5-6-15(11-18)19-14/h4-7,9,11H,2-3,8,10H2,1H3. The summed E-state index contributed by atoms with van der Waals surface area (Å²) < 4.78 is 5.46. The molecule has 1 aliphatic rings. The summed E-state index contributed by atoms with van der Waals surface area (Å²) in [7, 11) is 0. The zero-order valence-electron chi connectivity index (χ0n) is 11.1. The Morgan fingerprint density at radius 2 is 2.21 bits per heavy atom. The van der Waals surface area contributed by atoms with Crippen molar-refractivity contribution in [1.29, 1.82) is 0 Å². The number of carbonyl (C=O) groups excluding carboxylic acids is 1. The van der Waals surface area contributed by atoms with Crippen molar-refractivity contribution in [3.05, 3.63) is 53.0 Å². The number of anilines is 1. The average molecular weight is 255 g/mol. The van der Waals surface area contributed by atoms with E-state index in [1.165, 1.54) is 16.8 Å². The highest BCUT2D eigenvalue weighted by atomic mass is 16.3. The Labute approximate surface area is 112 Å². The first-order chi connectivity index (χ1) is 9.26. The zero-order chi connectivity index (χ0) is 13.2. The second kappa shape index (κ2) is 4.92. The van der Waals surface area contributed by atoms with Gasteiger partial charge in [-0.3, -0.25) is 4.79 Å².